The molecule has 1 rings (SSSR count). The molecule has 0 aliphatic heterocycles. The van der Waals surface area contributed by atoms with Crippen LogP contribution in [0.5, 0.6) is 0 Å². The van der Waals surface area contributed by atoms with Crippen LogP contribution in [0, 0.1) is 0 Å². The average Bonchev–Trinajstić information content (AvgIpc) is 2.44. The van der Waals surface area contributed by atoms with Gasteiger partial charge < -0.3 is 15.2 Å². The van der Waals surface area contributed by atoms with Crippen molar-refractivity contribution in [2.24, 2.45) is 0 Å². The first-order valence-electron chi connectivity index (χ1n) is 6.78. The van der Waals surface area contributed by atoms with Crippen LogP contribution >= 0.6 is 0 Å². The van der Waals surface area contributed by atoms with Crippen molar-refractivity contribution in [1.82, 2.24) is 5.32 Å². The fourth-order valence-corrected chi connectivity index (χ4v) is 1.68. The summed E-state index contributed by atoms with van der Waals surface area (Å²) in [5, 5.41) is 11.2. The molecule has 0 fully saturated rings. The van der Waals surface area contributed by atoms with Crippen LogP contribution in [0.25, 0.3) is 0 Å². The van der Waals surface area contributed by atoms with Crippen molar-refractivity contribution >= 4 is 11.9 Å². The molecule has 0 aliphatic rings. The Morgan fingerprint density at radius 1 is 1.15 bits per heavy atom. The maximum atomic E-state index is 11.4. The number of hydrogen-bond donors (Lipinski definition) is 2. The van der Waals surface area contributed by atoms with Crippen molar-refractivity contribution in [1.29, 1.82) is 0 Å². The number of rotatable bonds is 10. The van der Waals surface area contributed by atoms with Crippen LogP contribution in [0.4, 0.5) is 0 Å². The molecule has 1 amide bonds. The van der Waals surface area contributed by atoms with Crippen molar-refractivity contribution in [2.45, 2.75) is 25.7 Å². The second kappa shape index (κ2) is 9.97. The zero-order chi connectivity index (χ0) is 14.6. The monoisotopic (exact) mass is 279 g/mol. The van der Waals surface area contributed by atoms with Gasteiger partial charge in [-0.3, -0.25) is 9.59 Å². The summed E-state index contributed by atoms with van der Waals surface area (Å²) in [6, 6.07) is 9.94. The largest absolute Gasteiger partial charge is 0.481 e. The third-order valence-corrected chi connectivity index (χ3v) is 2.75. The molecular weight excluding hydrogens is 258 g/mol. The number of aliphatic carboxylic acids is 1. The standard InChI is InChI=1S/C15H21NO4/c17-14(16-10-5-4-8-15(18)19)12-20-11-9-13-6-2-1-3-7-13/h1-3,6-7H,4-5,8-12H2,(H,16,17)(H,18,19). The van der Waals surface area contributed by atoms with E-state index in [1.54, 1.807) is 0 Å². The molecule has 0 heterocycles. The van der Waals surface area contributed by atoms with Crippen LogP contribution < -0.4 is 5.32 Å². The Morgan fingerprint density at radius 2 is 1.90 bits per heavy atom. The van der Waals surface area contributed by atoms with Crippen LogP contribution in [-0.2, 0) is 20.7 Å². The smallest absolute Gasteiger partial charge is 0.303 e. The van der Waals surface area contributed by atoms with Crippen LogP contribution in [0.2, 0.25) is 0 Å². The van der Waals surface area contributed by atoms with Gasteiger partial charge in [0, 0.05) is 13.0 Å². The number of ether oxygens (including phenoxy) is 1. The van der Waals surface area contributed by atoms with Gasteiger partial charge in [-0.2, -0.15) is 0 Å². The van der Waals surface area contributed by atoms with Crippen molar-refractivity contribution < 1.29 is 19.4 Å². The normalized spacial score (nSPS) is 10.2. The Morgan fingerprint density at radius 3 is 2.60 bits per heavy atom. The molecule has 0 saturated heterocycles. The molecule has 20 heavy (non-hydrogen) atoms. The highest BCUT2D eigenvalue weighted by molar-refractivity contribution is 5.77. The first-order valence-corrected chi connectivity index (χ1v) is 6.78. The van der Waals surface area contributed by atoms with Gasteiger partial charge in [0.15, 0.2) is 0 Å². The van der Waals surface area contributed by atoms with Gasteiger partial charge in [-0.25, -0.2) is 0 Å². The van der Waals surface area contributed by atoms with Crippen LogP contribution in [-0.4, -0.2) is 36.7 Å². The lowest BCUT2D eigenvalue weighted by molar-refractivity contribution is -0.137. The van der Waals surface area contributed by atoms with Crippen molar-refractivity contribution in [3.05, 3.63) is 35.9 Å². The zero-order valence-electron chi connectivity index (χ0n) is 11.5. The van der Waals surface area contributed by atoms with Gasteiger partial charge >= 0.3 is 5.97 Å². The number of hydrogen-bond acceptors (Lipinski definition) is 3. The topological polar surface area (TPSA) is 75.6 Å². The average molecular weight is 279 g/mol. The van der Waals surface area contributed by atoms with Gasteiger partial charge in [-0.1, -0.05) is 30.3 Å². The summed E-state index contributed by atoms with van der Waals surface area (Å²) in [6.07, 6.45) is 2.17. The van der Waals surface area contributed by atoms with Gasteiger partial charge in [0.1, 0.15) is 6.61 Å². The second-order valence-electron chi connectivity index (χ2n) is 4.49. The molecule has 0 aromatic heterocycles. The summed E-state index contributed by atoms with van der Waals surface area (Å²) in [5.41, 5.74) is 1.18. The summed E-state index contributed by atoms with van der Waals surface area (Å²) < 4.78 is 5.29. The minimum Gasteiger partial charge on any atom is -0.481 e. The van der Waals surface area contributed by atoms with E-state index in [4.69, 9.17) is 9.84 Å². The molecule has 0 unspecified atom stereocenters. The number of amides is 1. The van der Waals surface area contributed by atoms with E-state index in [0.717, 1.165) is 6.42 Å². The number of nitrogens with one attached hydrogen (secondary N) is 1. The molecular formula is C15H21NO4. The molecule has 5 heteroatoms. The molecule has 0 bridgehead atoms. The van der Waals surface area contributed by atoms with Gasteiger partial charge in [0.25, 0.3) is 0 Å². The number of carboxylic acids is 1. The van der Waals surface area contributed by atoms with E-state index in [0.29, 0.717) is 26.0 Å². The summed E-state index contributed by atoms with van der Waals surface area (Å²) in [5.74, 6) is -0.964. The van der Waals surface area contributed by atoms with E-state index < -0.39 is 5.97 Å². The third-order valence-electron chi connectivity index (χ3n) is 2.75. The molecule has 0 spiro atoms. The second-order valence-corrected chi connectivity index (χ2v) is 4.49. The van der Waals surface area contributed by atoms with Gasteiger partial charge in [-0.15, -0.1) is 0 Å². The highest BCUT2D eigenvalue weighted by Crippen LogP contribution is 1.99. The number of benzene rings is 1. The molecule has 1 aromatic carbocycles. The van der Waals surface area contributed by atoms with E-state index in [2.05, 4.69) is 5.32 Å². The number of carboxylic acid groups (broad SMARTS) is 1. The van der Waals surface area contributed by atoms with Crippen molar-refractivity contribution in [3.8, 4) is 0 Å². The molecule has 0 radical (unpaired) electrons. The van der Waals surface area contributed by atoms with E-state index in [9.17, 15) is 9.59 Å². The minimum absolute atomic E-state index is 0.0474. The summed E-state index contributed by atoms with van der Waals surface area (Å²) in [6.45, 7) is 1.05. The predicted molar refractivity (Wildman–Crippen MR) is 75.5 cm³/mol. The molecule has 0 saturated carbocycles. The zero-order valence-corrected chi connectivity index (χ0v) is 11.5. The summed E-state index contributed by atoms with van der Waals surface area (Å²) in [4.78, 5) is 21.7. The van der Waals surface area contributed by atoms with Crippen LogP contribution in [0.15, 0.2) is 30.3 Å². The number of carbonyl (C=O) groups is 2. The lowest BCUT2D eigenvalue weighted by Gasteiger charge is -2.06. The molecule has 0 atom stereocenters. The lowest BCUT2D eigenvalue weighted by Crippen LogP contribution is -2.28. The minimum atomic E-state index is -0.805. The highest BCUT2D eigenvalue weighted by Gasteiger charge is 2.01. The number of unbranched alkanes of at least 4 members (excludes halogenated alkanes) is 1. The SMILES string of the molecule is O=C(O)CCCCNC(=O)COCCc1ccccc1. The molecule has 5 nitrogen and oxygen atoms in total. The predicted octanol–water partition coefficient (Wildman–Crippen LogP) is 1.62. The molecule has 2 N–H and O–H groups in total. The summed E-state index contributed by atoms with van der Waals surface area (Å²) >= 11 is 0. The Balaban J connectivity index is 1.96. The number of carbonyl (C=O) groups excluding carboxylic acids is 1. The van der Waals surface area contributed by atoms with Crippen molar-refractivity contribution in [3.63, 3.8) is 0 Å². The Bertz CT molecular complexity index is 406. The summed E-state index contributed by atoms with van der Waals surface area (Å²) in [7, 11) is 0. The lowest BCUT2D eigenvalue weighted by atomic mass is 10.2. The third kappa shape index (κ3) is 8.26. The van der Waals surface area contributed by atoms with Crippen LogP contribution in [0.3, 0.4) is 0 Å². The van der Waals surface area contributed by atoms with E-state index in [1.165, 1.54) is 5.56 Å². The fraction of sp³-hybridized carbons (Fsp3) is 0.467. The maximum Gasteiger partial charge on any atom is 0.303 e. The molecule has 110 valence electrons. The van der Waals surface area contributed by atoms with E-state index in [1.807, 2.05) is 30.3 Å². The van der Waals surface area contributed by atoms with Gasteiger partial charge in [0.2, 0.25) is 5.91 Å². The maximum absolute atomic E-state index is 11.4. The van der Waals surface area contributed by atoms with E-state index >= 15 is 0 Å². The Kier molecular flexibility index (Phi) is 8.07. The van der Waals surface area contributed by atoms with E-state index in [-0.39, 0.29) is 18.9 Å². The van der Waals surface area contributed by atoms with Gasteiger partial charge in [-0.05, 0) is 24.8 Å². The Hall–Kier alpha value is -1.88. The van der Waals surface area contributed by atoms with Crippen LogP contribution in [0.1, 0.15) is 24.8 Å². The first-order chi connectivity index (χ1) is 9.68. The Labute approximate surface area is 118 Å². The quantitative estimate of drug-likeness (QED) is 0.638. The van der Waals surface area contributed by atoms with Crippen molar-refractivity contribution in [2.75, 3.05) is 19.8 Å². The highest BCUT2D eigenvalue weighted by atomic mass is 16.5. The fourth-order valence-electron chi connectivity index (χ4n) is 1.68. The molecule has 0 aliphatic carbocycles. The van der Waals surface area contributed by atoms with Gasteiger partial charge in [0.05, 0.1) is 6.61 Å². The first kappa shape index (κ1) is 16.2. The molecule has 1 aromatic rings.